The van der Waals surface area contributed by atoms with Crippen LogP contribution in [0.4, 0.5) is 5.82 Å². The van der Waals surface area contributed by atoms with Crippen molar-refractivity contribution in [1.82, 2.24) is 14.9 Å². The van der Waals surface area contributed by atoms with Crippen molar-refractivity contribution in [2.75, 3.05) is 38.9 Å². The van der Waals surface area contributed by atoms with Gasteiger partial charge in [-0.15, -0.1) is 0 Å². The van der Waals surface area contributed by atoms with Crippen molar-refractivity contribution < 1.29 is 27.6 Å². The zero-order valence-corrected chi connectivity index (χ0v) is 21.5. The van der Waals surface area contributed by atoms with Crippen molar-refractivity contribution >= 4 is 33.2 Å². The molecule has 0 spiro atoms. The third-order valence-corrected chi connectivity index (χ3v) is 7.39. The predicted molar refractivity (Wildman–Crippen MR) is 134 cm³/mol. The highest BCUT2D eigenvalue weighted by Crippen LogP contribution is 2.22. The third kappa shape index (κ3) is 7.31. The van der Waals surface area contributed by atoms with Gasteiger partial charge >= 0.3 is 0 Å². The summed E-state index contributed by atoms with van der Waals surface area (Å²) < 4.78 is 30.0. The lowest BCUT2D eigenvalue weighted by atomic mass is 10.1. The van der Waals surface area contributed by atoms with Crippen LogP contribution in [0.3, 0.4) is 0 Å². The number of hydrogen-bond acceptors (Lipinski definition) is 9. The molecule has 0 unspecified atom stereocenters. The molecule has 1 saturated carbocycles. The van der Waals surface area contributed by atoms with Gasteiger partial charge in [0.1, 0.15) is 11.8 Å². The fourth-order valence-electron chi connectivity index (χ4n) is 3.59. The second-order valence-electron chi connectivity index (χ2n) is 8.58. The number of amides is 2. The number of nitrogens with one attached hydrogen (secondary N) is 1. The fraction of sp³-hybridized carbons (Fsp3) is 0.458. The summed E-state index contributed by atoms with van der Waals surface area (Å²) in [5.41, 5.74) is 0.493. The minimum Gasteiger partial charge on any atom is -0.392 e. The SMILES string of the molecule is COCCCS(=O)(=O)c1ccc(C(=NOC2CCCC2)C(=O)Nc2cnc(C(=O)N(C)C)cn2)cc1. The van der Waals surface area contributed by atoms with E-state index in [9.17, 15) is 18.0 Å². The minimum absolute atomic E-state index is 0.0273. The van der Waals surface area contributed by atoms with Gasteiger partial charge in [-0.05, 0) is 44.2 Å². The highest BCUT2D eigenvalue weighted by atomic mass is 32.2. The largest absolute Gasteiger partial charge is 0.392 e. The molecule has 1 aromatic heterocycles. The first-order valence-electron chi connectivity index (χ1n) is 11.6. The van der Waals surface area contributed by atoms with Gasteiger partial charge in [-0.2, -0.15) is 0 Å². The molecule has 1 heterocycles. The number of benzene rings is 1. The van der Waals surface area contributed by atoms with Crippen LogP contribution in [0.15, 0.2) is 46.7 Å². The Morgan fingerprint density at radius 1 is 1.11 bits per heavy atom. The Labute approximate surface area is 210 Å². The first kappa shape index (κ1) is 27.2. The van der Waals surface area contributed by atoms with Gasteiger partial charge in [0.05, 0.1) is 23.0 Å². The van der Waals surface area contributed by atoms with E-state index in [2.05, 4.69) is 20.4 Å². The molecular formula is C24H31N5O6S. The first-order chi connectivity index (χ1) is 17.2. The minimum atomic E-state index is -3.49. The summed E-state index contributed by atoms with van der Waals surface area (Å²) >= 11 is 0. The summed E-state index contributed by atoms with van der Waals surface area (Å²) in [5, 5.41) is 6.73. The fourth-order valence-corrected chi connectivity index (χ4v) is 4.87. The van der Waals surface area contributed by atoms with Crippen LogP contribution < -0.4 is 5.32 Å². The van der Waals surface area contributed by atoms with E-state index in [1.807, 2.05) is 0 Å². The molecule has 1 N–H and O–H groups in total. The van der Waals surface area contributed by atoms with Gasteiger partial charge in [0.25, 0.3) is 11.8 Å². The number of aromatic nitrogens is 2. The number of carbonyl (C=O) groups excluding carboxylic acids is 2. The van der Waals surface area contributed by atoms with Crippen LogP contribution >= 0.6 is 0 Å². The summed E-state index contributed by atoms with van der Waals surface area (Å²) in [4.78, 5) is 40.4. The maximum Gasteiger partial charge on any atom is 0.279 e. The van der Waals surface area contributed by atoms with Crippen LogP contribution in [0, 0.1) is 0 Å². The molecule has 2 amide bonds. The molecule has 1 fully saturated rings. The number of carbonyl (C=O) groups is 2. The summed E-state index contributed by atoms with van der Waals surface area (Å²) in [6.45, 7) is 0.347. The van der Waals surface area contributed by atoms with Crippen molar-refractivity contribution in [3.05, 3.63) is 47.9 Å². The molecule has 36 heavy (non-hydrogen) atoms. The molecule has 2 aromatic rings. The zero-order valence-electron chi connectivity index (χ0n) is 20.6. The number of ether oxygens (including phenoxy) is 1. The lowest BCUT2D eigenvalue weighted by Gasteiger charge is -2.12. The molecule has 1 aromatic carbocycles. The zero-order chi connectivity index (χ0) is 26.1. The van der Waals surface area contributed by atoms with E-state index in [1.165, 1.54) is 48.7 Å². The van der Waals surface area contributed by atoms with Crippen LogP contribution in [0.5, 0.6) is 0 Å². The second-order valence-corrected chi connectivity index (χ2v) is 10.7. The van der Waals surface area contributed by atoms with E-state index in [0.29, 0.717) is 18.6 Å². The van der Waals surface area contributed by atoms with E-state index in [-0.39, 0.29) is 39.9 Å². The molecular weight excluding hydrogens is 486 g/mol. The van der Waals surface area contributed by atoms with Gasteiger partial charge in [-0.1, -0.05) is 17.3 Å². The number of hydrogen-bond donors (Lipinski definition) is 1. The van der Waals surface area contributed by atoms with E-state index >= 15 is 0 Å². The topological polar surface area (TPSA) is 140 Å². The lowest BCUT2D eigenvalue weighted by molar-refractivity contribution is -0.110. The van der Waals surface area contributed by atoms with Crippen LogP contribution in [0.2, 0.25) is 0 Å². The monoisotopic (exact) mass is 517 g/mol. The predicted octanol–water partition coefficient (Wildman–Crippen LogP) is 2.29. The van der Waals surface area contributed by atoms with Gasteiger partial charge < -0.3 is 19.8 Å². The molecule has 0 bridgehead atoms. The van der Waals surface area contributed by atoms with Crippen molar-refractivity contribution in [3.63, 3.8) is 0 Å². The molecule has 0 radical (unpaired) electrons. The highest BCUT2D eigenvalue weighted by Gasteiger charge is 2.22. The van der Waals surface area contributed by atoms with E-state index < -0.39 is 15.7 Å². The molecule has 0 atom stereocenters. The molecule has 0 aliphatic heterocycles. The van der Waals surface area contributed by atoms with Crippen molar-refractivity contribution in [3.8, 4) is 0 Å². The first-order valence-corrected chi connectivity index (χ1v) is 13.3. The Morgan fingerprint density at radius 2 is 1.81 bits per heavy atom. The molecule has 1 aliphatic carbocycles. The van der Waals surface area contributed by atoms with E-state index in [4.69, 9.17) is 9.57 Å². The lowest BCUT2D eigenvalue weighted by Crippen LogP contribution is -2.26. The highest BCUT2D eigenvalue weighted by molar-refractivity contribution is 7.91. The van der Waals surface area contributed by atoms with Crippen LogP contribution in [0.25, 0.3) is 0 Å². The Morgan fingerprint density at radius 3 is 2.39 bits per heavy atom. The smallest absolute Gasteiger partial charge is 0.279 e. The molecule has 194 valence electrons. The summed E-state index contributed by atoms with van der Waals surface area (Å²) in [6, 6.07) is 5.92. The summed E-state index contributed by atoms with van der Waals surface area (Å²) in [5.74, 6) is -0.840. The quantitative estimate of drug-likeness (QED) is 0.272. The molecule has 12 heteroatoms. The molecule has 11 nitrogen and oxygen atoms in total. The number of methoxy groups -OCH3 is 1. The summed E-state index contributed by atoms with van der Waals surface area (Å²) in [7, 11) is 1.23. The van der Waals surface area contributed by atoms with Crippen molar-refractivity contribution in [2.24, 2.45) is 5.16 Å². The van der Waals surface area contributed by atoms with Crippen LogP contribution in [0.1, 0.15) is 48.2 Å². The van der Waals surface area contributed by atoms with Crippen LogP contribution in [-0.2, 0) is 24.2 Å². The van der Waals surface area contributed by atoms with E-state index in [0.717, 1.165) is 25.7 Å². The average Bonchev–Trinajstić information content (AvgIpc) is 3.38. The normalized spacial score (nSPS) is 14.5. The second kappa shape index (κ2) is 12.5. The Balaban J connectivity index is 1.80. The summed E-state index contributed by atoms with van der Waals surface area (Å²) in [6.07, 6.45) is 6.62. The van der Waals surface area contributed by atoms with Crippen LogP contribution in [-0.4, -0.2) is 80.5 Å². The molecule has 0 saturated heterocycles. The Bertz CT molecular complexity index is 1170. The standard InChI is InChI=1S/C24H31N5O6S/c1-29(2)24(31)20-15-26-21(16-25-20)27-23(30)22(28-35-18-7-4-5-8-18)17-9-11-19(12-10-17)36(32,33)14-6-13-34-3/h9-12,15-16,18H,4-8,13-14H2,1-3H3,(H,26,27,30). The van der Waals surface area contributed by atoms with Crippen molar-refractivity contribution in [2.45, 2.75) is 43.1 Å². The maximum atomic E-state index is 13.1. The van der Waals surface area contributed by atoms with Gasteiger partial charge in [0.2, 0.25) is 0 Å². The third-order valence-electron chi connectivity index (χ3n) is 5.58. The Hall–Kier alpha value is -3.38. The number of anilines is 1. The number of nitrogens with zero attached hydrogens (tertiary/aromatic N) is 4. The van der Waals surface area contributed by atoms with Gasteiger partial charge in [-0.25, -0.2) is 18.4 Å². The number of oxime groups is 1. The number of rotatable bonds is 11. The van der Waals surface area contributed by atoms with E-state index in [1.54, 1.807) is 14.1 Å². The van der Waals surface area contributed by atoms with Gasteiger partial charge in [-0.3, -0.25) is 9.59 Å². The average molecular weight is 518 g/mol. The Kier molecular flexibility index (Phi) is 9.48. The maximum absolute atomic E-state index is 13.1. The number of sulfone groups is 1. The molecule has 1 aliphatic rings. The van der Waals surface area contributed by atoms with Gasteiger partial charge in [0.15, 0.2) is 21.4 Å². The van der Waals surface area contributed by atoms with Gasteiger partial charge in [0, 0.05) is 33.4 Å². The molecule has 3 rings (SSSR count). The van der Waals surface area contributed by atoms with Crippen molar-refractivity contribution in [1.29, 1.82) is 0 Å².